The number of amides is 3. The zero-order chi connectivity index (χ0) is 20.3. The molecule has 146 valence electrons. The Kier molecular flexibility index (Phi) is 5.30. The maximum atomic E-state index is 12.2. The smallest absolute Gasteiger partial charge is 0.320 e. The fourth-order valence-corrected chi connectivity index (χ4v) is 2.55. The van der Waals surface area contributed by atoms with Gasteiger partial charge in [0.25, 0.3) is 0 Å². The quantitative estimate of drug-likeness (QED) is 0.551. The van der Waals surface area contributed by atoms with Crippen molar-refractivity contribution >= 4 is 34.5 Å². The number of aromatic nitrogens is 3. The van der Waals surface area contributed by atoms with Crippen LogP contribution in [0.25, 0.3) is 10.9 Å². The largest absolute Gasteiger partial charge is 0.331 e. The summed E-state index contributed by atoms with van der Waals surface area (Å²) in [6.45, 7) is 7.39. The van der Waals surface area contributed by atoms with Crippen molar-refractivity contribution in [2.45, 2.75) is 33.7 Å². The second-order valence-corrected chi connectivity index (χ2v) is 7.62. The molecule has 28 heavy (non-hydrogen) atoms. The zero-order valence-electron chi connectivity index (χ0n) is 16.3. The molecule has 3 rings (SSSR count). The Labute approximate surface area is 163 Å². The molecule has 3 amide bonds. The molecule has 1 atom stereocenters. The summed E-state index contributed by atoms with van der Waals surface area (Å²) in [5.74, 6) is 0.649. The van der Waals surface area contributed by atoms with Crippen molar-refractivity contribution in [2.24, 2.45) is 5.41 Å². The first kappa shape index (κ1) is 19.3. The third-order valence-corrected chi connectivity index (χ3v) is 4.25. The van der Waals surface area contributed by atoms with Crippen molar-refractivity contribution in [3.05, 3.63) is 48.2 Å². The molecular weight excluding hydrogens is 356 g/mol. The van der Waals surface area contributed by atoms with E-state index in [0.29, 0.717) is 22.5 Å². The molecule has 0 aliphatic heterocycles. The van der Waals surface area contributed by atoms with Gasteiger partial charge in [-0.3, -0.25) is 15.2 Å². The van der Waals surface area contributed by atoms with Gasteiger partial charge in [0.2, 0.25) is 5.91 Å². The maximum absolute atomic E-state index is 12.2. The number of nitrogens with one attached hydrogen (secondary N) is 4. The van der Waals surface area contributed by atoms with E-state index in [1.165, 1.54) is 0 Å². The lowest BCUT2D eigenvalue weighted by molar-refractivity contribution is -0.123. The van der Waals surface area contributed by atoms with E-state index < -0.39 is 5.41 Å². The highest BCUT2D eigenvalue weighted by atomic mass is 16.2. The van der Waals surface area contributed by atoms with Crippen molar-refractivity contribution in [3.8, 4) is 0 Å². The summed E-state index contributed by atoms with van der Waals surface area (Å²) >= 11 is 0. The molecular formula is C20H24N6O2. The van der Waals surface area contributed by atoms with E-state index >= 15 is 0 Å². The van der Waals surface area contributed by atoms with Gasteiger partial charge >= 0.3 is 6.03 Å². The van der Waals surface area contributed by atoms with E-state index in [-0.39, 0.29) is 18.0 Å². The molecule has 0 radical (unpaired) electrons. The number of pyridine rings is 1. The van der Waals surface area contributed by atoms with Gasteiger partial charge in [-0.25, -0.2) is 9.78 Å². The second kappa shape index (κ2) is 7.67. The van der Waals surface area contributed by atoms with Crippen LogP contribution in [0.5, 0.6) is 0 Å². The number of benzene rings is 1. The molecule has 2 heterocycles. The highest BCUT2D eigenvalue weighted by Gasteiger charge is 2.23. The number of H-pyrrole nitrogens is 1. The van der Waals surface area contributed by atoms with Gasteiger partial charge in [-0.05, 0) is 12.5 Å². The molecule has 0 spiro atoms. The van der Waals surface area contributed by atoms with Crippen LogP contribution in [0.15, 0.2) is 42.6 Å². The fourth-order valence-electron chi connectivity index (χ4n) is 2.55. The highest BCUT2D eigenvalue weighted by Crippen LogP contribution is 2.24. The van der Waals surface area contributed by atoms with Crippen molar-refractivity contribution in [1.82, 2.24) is 20.5 Å². The minimum atomic E-state index is -0.534. The first-order chi connectivity index (χ1) is 13.2. The summed E-state index contributed by atoms with van der Waals surface area (Å²) in [7, 11) is 0. The average molecular weight is 380 g/mol. The Bertz CT molecular complexity index is 991. The van der Waals surface area contributed by atoms with Gasteiger partial charge in [0.15, 0.2) is 5.82 Å². The van der Waals surface area contributed by atoms with Gasteiger partial charge in [0, 0.05) is 17.7 Å². The van der Waals surface area contributed by atoms with Crippen LogP contribution in [0.3, 0.4) is 0 Å². The number of rotatable bonds is 4. The Morgan fingerprint density at radius 3 is 2.50 bits per heavy atom. The molecule has 0 saturated carbocycles. The average Bonchev–Trinajstić information content (AvgIpc) is 3.03. The van der Waals surface area contributed by atoms with Gasteiger partial charge in [-0.15, -0.1) is 0 Å². The van der Waals surface area contributed by atoms with E-state index in [1.807, 2.05) is 58.0 Å². The Balaban J connectivity index is 1.68. The third-order valence-electron chi connectivity index (χ3n) is 4.25. The standard InChI is InChI=1S/C20H24N6O2/c1-12(13-8-6-5-7-9-13)22-19(28)23-16-10-15-14(11-21-16)17(26-25-15)24-18(27)20(2,3)4/h5-12H,1-4H3,(H2,21,22,23,28)(H2,24,25,26,27)/t12-/m1/s1. The maximum Gasteiger partial charge on any atom is 0.320 e. The van der Waals surface area contributed by atoms with Crippen molar-refractivity contribution in [1.29, 1.82) is 0 Å². The van der Waals surface area contributed by atoms with E-state index in [4.69, 9.17) is 0 Å². The molecule has 0 bridgehead atoms. The molecule has 8 heteroatoms. The Hall–Kier alpha value is -3.42. The predicted octanol–water partition coefficient (Wildman–Crippen LogP) is 3.83. The van der Waals surface area contributed by atoms with E-state index in [0.717, 1.165) is 5.56 Å². The summed E-state index contributed by atoms with van der Waals surface area (Å²) < 4.78 is 0. The number of anilines is 2. The summed E-state index contributed by atoms with van der Waals surface area (Å²) in [6, 6.07) is 10.9. The summed E-state index contributed by atoms with van der Waals surface area (Å²) in [4.78, 5) is 28.7. The van der Waals surface area contributed by atoms with Crippen LogP contribution >= 0.6 is 0 Å². The number of fused-ring (bicyclic) bond motifs is 1. The molecule has 0 saturated heterocycles. The highest BCUT2D eigenvalue weighted by molar-refractivity contribution is 6.02. The second-order valence-electron chi connectivity index (χ2n) is 7.62. The first-order valence-corrected chi connectivity index (χ1v) is 9.02. The Morgan fingerprint density at radius 2 is 1.82 bits per heavy atom. The number of nitrogens with zero attached hydrogens (tertiary/aromatic N) is 2. The molecule has 0 fully saturated rings. The third kappa shape index (κ3) is 4.46. The molecule has 3 aromatic rings. The normalized spacial score (nSPS) is 12.4. The summed E-state index contributed by atoms with van der Waals surface area (Å²) in [5.41, 5.74) is 1.13. The number of urea groups is 1. The zero-order valence-corrected chi connectivity index (χ0v) is 16.3. The van der Waals surface area contributed by atoms with Gasteiger partial charge in [-0.2, -0.15) is 5.10 Å². The number of carbonyl (C=O) groups excluding carboxylic acids is 2. The summed E-state index contributed by atoms with van der Waals surface area (Å²) in [6.07, 6.45) is 1.56. The molecule has 2 aromatic heterocycles. The lowest BCUT2D eigenvalue weighted by Gasteiger charge is -2.16. The van der Waals surface area contributed by atoms with Gasteiger partial charge in [0.05, 0.1) is 16.9 Å². The van der Waals surface area contributed by atoms with Gasteiger partial charge in [-0.1, -0.05) is 51.1 Å². The molecule has 1 aromatic carbocycles. The van der Waals surface area contributed by atoms with E-state index in [9.17, 15) is 9.59 Å². The SMILES string of the molecule is C[C@@H](NC(=O)Nc1cc2[nH]nc(NC(=O)C(C)(C)C)c2cn1)c1ccccc1. The van der Waals surface area contributed by atoms with Gasteiger partial charge in [0.1, 0.15) is 5.82 Å². The molecule has 0 unspecified atom stereocenters. The predicted molar refractivity (Wildman–Crippen MR) is 109 cm³/mol. The van der Waals surface area contributed by atoms with Crippen LogP contribution in [-0.4, -0.2) is 27.1 Å². The lowest BCUT2D eigenvalue weighted by atomic mass is 9.96. The van der Waals surface area contributed by atoms with Crippen molar-refractivity contribution < 1.29 is 9.59 Å². The fraction of sp³-hybridized carbons (Fsp3) is 0.300. The number of hydrogen-bond acceptors (Lipinski definition) is 4. The van der Waals surface area contributed by atoms with Crippen LogP contribution in [0, 0.1) is 5.41 Å². The van der Waals surface area contributed by atoms with Crippen molar-refractivity contribution in [2.75, 3.05) is 10.6 Å². The minimum absolute atomic E-state index is 0.141. The monoisotopic (exact) mass is 380 g/mol. The van der Waals surface area contributed by atoms with E-state index in [1.54, 1.807) is 12.3 Å². The topological polar surface area (TPSA) is 112 Å². The molecule has 4 N–H and O–H groups in total. The summed E-state index contributed by atoms with van der Waals surface area (Å²) in [5, 5.41) is 16.0. The van der Waals surface area contributed by atoms with Crippen LogP contribution in [0.2, 0.25) is 0 Å². The minimum Gasteiger partial charge on any atom is -0.331 e. The molecule has 0 aliphatic rings. The first-order valence-electron chi connectivity index (χ1n) is 9.02. The lowest BCUT2D eigenvalue weighted by Crippen LogP contribution is -2.31. The molecule has 8 nitrogen and oxygen atoms in total. The van der Waals surface area contributed by atoms with E-state index in [2.05, 4.69) is 31.1 Å². The van der Waals surface area contributed by atoms with Crippen molar-refractivity contribution in [3.63, 3.8) is 0 Å². The van der Waals surface area contributed by atoms with Crippen LogP contribution < -0.4 is 16.0 Å². The number of aromatic amines is 1. The molecule has 0 aliphatic carbocycles. The van der Waals surface area contributed by atoms with Gasteiger partial charge < -0.3 is 10.6 Å². The number of hydrogen-bond donors (Lipinski definition) is 4. The van der Waals surface area contributed by atoms with Crippen LogP contribution in [-0.2, 0) is 4.79 Å². The van der Waals surface area contributed by atoms with Crippen LogP contribution in [0.1, 0.15) is 39.3 Å². The Morgan fingerprint density at radius 1 is 1.11 bits per heavy atom. The van der Waals surface area contributed by atoms with Crippen LogP contribution in [0.4, 0.5) is 16.4 Å². The number of carbonyl (C=O) groups is 2.